The number of allylic oxidation sites excluding steroid dienone is 3. The molecule has 136 valence electrons. The van der Waals surface area contributed by atoms with Crippen LogP contribution in [0, 0.1) is 17.2 Å². The number of ketones is 1. The predicted octanol–water partition coefficient (Wildman–Crippen LogP) is 4.76. The van der Waals surface area contributed by atoms with Crippen LogP contribution >= 0.6 is 0 Å². The van der Waals surface area contributed by atoms with E-state index >= 15 is 0 Å². The predicted molar refractivity (Wildman–Crippen MR) is 102 cm³/mol. The minimum Gasteiger partial charge on any atom is -0.321 e. The van der Waals surface area contributed by atoms with E-state index in [1.807, 2.05) is 50.2 Å². The first kappa shape index (κ1) is 22.8. The molecule has 2 unspecified atom stereocenters. The van der Waals surface area contributed by atoms with Crippen LogP contribution in [0.15, 0.2) is 60.2 Å². The van der Waals surface area contributed by atoms with Crippen molar-refractivity contribution in [2.24, 2.45) is 11.7 Å². The number of rotatable bonds is 3. The van der Waals surface area contributed by atoms with Gasteiger partial charge in [0.15, 0.2) is 0 Å². The SMILES string of the molecule is CC.CC(=O)C(N)CC1=CC=CC1F.N#CC1CC1.c1ccccc1. The molecule has 3 rings (SSSR count). The van der Waals surface area contributed by atoms with Crippen LogP contribution in [0.25, 0.3) is 0 Å². The molecule has 2 atom stereocenters. The van der Waals surface area contributed by atoms with Gasteiger partial charge in [-0.05, 0) is 37.8 Å². The van der Waals surface area contributed by atoms with Gasteiger partial charge in [0.2, 0.25) is 0 Å². The van der Waals surface area contributed by atoms with E-state index in [1.54, 1.807) is 12.2 Å². The minimum atomic E-state index is -1.05. The van der Waals surface area contributed by atoms with E-state index in [-0.39, 0.29) is 5.78 Å². The number of alkyl halides is 1. The van der Waals surface area contributed by atoms with Crippen molar-refractivity contribution in [3.63, 3.8) is 0 Å². The number of carbonyl (C=O) groups excluding carboxylic acids is 1. The van der Waals surface area contributed by atoms with Crippen LogP contribution in [0.1, 0.15) is 40.0 Å². The molecule has 3 nitrogen and oxygen atoms in total. The Balaban J connectivity index is 0.000000368. The van der Waals surface area contributed by atoms with Crippen molar-refractivity contribution in [2.45, 2.75) is 52.2 Å². The van der Waals surface area contributed by atoms with E-state index in [0.29, 0.717) is 17.9 Å². The first-order valence-corrected chi connectivity index (χ1v) is 8.71. The highest BCUT2D eigenvalue weighted by Gasteiger charge is 2.19. The lowest BCUT2D eigenvalue weighted by Gasteiger charge is -2.09. The number of carbonyl (C=O) groups is 1. The summed E-state index contributed by atoms with van der Waals surface area (Å²) in [7, 11) is 0. The molecule has 1 fully saturated rings. The van der Waals surface area contributed by atoms with E-state index in [9.17, 15) is 9.18 Å². The Kier molecular flexibility index (Phi) is 12.9. The molecule has 25 heavy (non-hydrogen) atoms. The molecule has 0 radical (unpaired) electrons. The van der Waals surface area contributed by atoms with Crippen molar-refractivity contribution >= 4 is 5.78 Å². The van der Waals surface area contributed by atoms with Crippen LogP contribution in [-0.2, 0) is 4.79 Å². The minimum absolute atomic E-state index is 0.102. The molecule has 0 amide bonds. The van der Waals surface area contributed by atoms with Crippen molar-refractivity contribution in [2.75, 3.05) is 0 Å². The van der Waals surface area contributed by atoms with Crippen LogP contribution in [-0.4, -0.2) is 18.0 Å². The van der Waals surface area contributed by atoms with E-state index in [2.05, 4.69) is 6.07 Å². The molecule has 1 saturated carbocycles. The zero-order valence-corrected chi connectivity index (χ0v) is 15.4. The van der Waals surface area contributed by atoms with E-state index < -0.39 is 12.2 Å². The number of hydrogen-bond donors (Lipinski definition) is 1. The Morgan fingerprint density at radius 2 is 1.72 bits per heavy atom. The Hall–Kier alpha value is -2.25. The van der Waals surface area contributed by atoms with Gasteiger partial charge in [-0.2, -0.15) is 5.26 Å². The van der Waals surface area contributed by atoms with Gasteiger partial charge in [-0.3, -0.25) is 4.79 Å². The molecule has 0 aromatic heterocycles. The normalized spacial score (nSPS) is 17.9. The summed E-state index contributed by atoms with van der Waals surface area (Å²) < 4.78 is 12.9. The first-order valence-electron chi connectivity index (χ1n) is 8.71. The summed E-state index contributed by atoms with van der Waals surface area (Å²) in [5, 5.41) is 7.96. The fourth-order valence-electron chi connectivity index (χ4n) is 1.67. The average Bonchev–Trinajstić information content (AvgIpc) is 3.42. The second-order valence-electron chi connectivity index (χ2n) is 5.51. The molecule has 0 saturated heterocycles. The molecule has 0 aliphatic heterocycles. The zero-order chi connectivity index (χ0) is 19.1. The summed E-state index contributed by atoms with van der Waals surface area (Å²) in [6, 6.07) is 13.6. The number of nitrogens with zero attached hydrogens (tertiary/aromatic N) is 1. The molecule has 0 spiro atoms. The van der Waals surface area contributed by atoms with Gasteiger partial charge in [0.1, 0.15) is 12.0 Å². The lowest BCUT2D eigenvalue weighted by atomic mass is 10.0. The molecule has 0 bridgehead atoms. The smallest absolute Gasteiger partial charge is 0.146 e. The standard InChI is InChI=1S/C9H12FNO.C6H6.C4H5N.C2H6/c1-6(12)9(11)5-7-3-2-4-8(7)10;1-2-4-6-5-3-1;5-3-4-1-2-4;1-2/h2-4,8-9H,5,11H2,1H3;1-6H;4H,1-2H2;1-2H3. The maximum atomic E-state index is 12.9. The third-order valence-electron chi connectivity index (χ3n) is 3.35. The summed E-state index contributed by atoms with van der Waals surface area (Å²) in [5.74, 6) is 0.338. The van der Waals surface area contributed by atoms with Gasteiger partial charge in [-0.1, -0.05) is 62.4 Å². The maximum Gasteiger partial charge on any atom is 0.146 e. The fourth-order valence-corrected chi connectivity index (χ4v) is 1.67. The molecule has 0 heterocycles. The number of nitriles is 1. The van der Waals surface area contributed by atoms with Gasteiger partial charge in [0.25, 0.3) is 0 Å². The second-order valence-corrected chi connectivity index (χ2v) is 5.51. The van der Waals surface area contributed by atoms with Crippen molar-refractivity contribution in [1.29, 1.82) is 5.26 Å². The molecule has 4 heteroatoms. The Bertz CT molecular complexity index is 545. The molecular weight excluding hydrogens is 315 g/mol. The van der Waals surface area contributed by atoms with Crippen LogP contribution in [0.4, 0.5) is 4.39 Å². The molecule has 2 aliphatic carbocycles. The van der Waals surface area contributed by atoms with Gasteiger partial charge in [0.05, 0.1) is 12.1 Å². The van der Waals surface area contributed by atoms with E-state index in [4.69, 9.17) is 11.0 Å². The molecule has 2 N–H and O–H groups in total. The molecule has 1 aromatic carbocycles. The number of benzene rings is 1. The van der Waals surface area contributed by atoms with Gasteiger partial charge < -0.3 is 5.73 Å². The van der Waals surface area contributed by atoms with Crippen molar-refractivity contribution < 1.29 is 9.18 Å². The number of halogens is 1. The van der Waals surface area contributed by atoms with Crippen molar-refractivity contribution in [3.05, 3.63) is 60.2 Å². The number of hydrogen-bond acceptors (Lipinski definition) is 3. The van der Waals surface area contributed by atoms with Gasteiger partial charge >= 0.3 is 0 Å². The largest absolute Gasteiger partial charge is 0.321 e. The van der Waals surface area contributed by atoms with Crippen molar-refractivity contribution in [3.8, 4) is 6.07 Å². The highest BCUT2D eigenvalue weighted by molar-refractivity contribution is 5.81. The lowest BCUT2D eigenvalue weighted by molar-refractivity contribution is -0.118. The topological polar surface area (TPSA) is 66.9 Å². The quantitative estimate of drug-likeness (QED) is 0.859. The van der Waals surface area contributed by atoms with Gasteiger partial charge in [0, 0.05) is 5.92 Å². The third-order valence-corrected chi connectivity index (χ3v) is 3.35. The summed E-state index contributed by atoms with van der Waals surface area (Å²) >= 11 is 0. The van der Waals surface area contributed by atoms with Crippen LogP contribution < -0.4 is 5.73 Å². The Morgan fingerprint density at radius 1 is 1.24 bits per heavy atom. The summed E-state index contributed by atoms with van der Waals surface area (Å²) in [6.45, 7) is 5.42. The zero-order valence-electron chi connectivity index (χ0n) is 15.4. The molecular formula is C21H29FN2O. The maximum absolute atomic E-state index is 12.9. The third kappa shape index (κ3) is 11.9. The van der Waals surface area contributed by atoms with Crippen molar-refractivity contribution in [1.82, 2.24) is 0 Å². The molecule has 2 aliphatic rings. The highest BCUT2D eigenvalue weighted by Crippen LogP contribution is 2.26. The molecule has 1 aromatic rings. The highest BCUT2D eigenvalue weighted by atomic mass is 19.1. The lowest BCUT2D eigenvalue weighted by Crippen LogP contribution is -2.29. The van der Waals surface area contributed by atoms with E-state index in [0.717, 1.165) is 12.8 Å². The van der Waals surface area contributed by atoms with Crippen LogP contribution in [0.2, 0.25) is 0 Å². The summed E-state index contributed by atoms with van der Waals surface area (Å²) in [6.07, 6.45) is 6.34. The fraction of sp³-hybridized carbons (Fsp3) is 0.429. The summed E-state index contributed by atoms with van der Waals surface area (Å²) in [5.41, 5.74) is 6.07. The van der Waals surface area contributed by atoms with E-state index in [1.165, 1.54) is 13.0 Å². The first-order chi connectivity index (χ1) is 12.0. The second kappa shape index (κ2) is 14.1. The number of Topliss-reactive ketones (excluding diaryl/α,β-unsaturated/α-hetero) is 1. The average molecular weight is 344 g/mol. The van der Waals surface area contributed by atoms with Crippen LogP contribution in [0.5, 0.6) is 0 Å². The Labute approximate surface area is 151 Å². The Morgan fingerprint density at radius 3 is 1.96 bits per heavy atom. The van der Waals surface area contributed by atoms with Crippen LogP contribution in [0.3, 0.4) is 0 Å². The number of nitrogens with two attached hydrogens (primary N) is 1. The van der Waals surface area contributed by atoms with Gasteiger partial charge in [-0.15, -0.1) is 0 Å². The monoisotopic (exact) mass is 344 g/mol. The van der Waals surface area contributed by atoms with Gasteiger partial charge in [-0.25, -0.2) is 4.39 Å². The summed E-state index contributed by atoms with van der Waals surface area (Å²) in [4.78, 5) is 10.7.